The van der Waals surface area contributed by atoms with E-state index in [9.17, 15) is 0 Å². The summed E-state index contributed by atoms with van der Waals surface area (Å²) < 4.78 is 9.99. The largest absolute Gasteiger partial charge is 0.458 e. The van der Waals surface area contributed by atoms with Gasteiger partial charge in [0.05, 0.1) is 0 Å². The standard InChI is InChI=1S/C8H7ClN2O2/c1-2-5-3-4-6(12-5)7-10-8(9)13-11-7/h3-4H,2H2,1H3. The number of rotatable bonds is 2. The Morgan fingerprint density at radius 2 is 2.31 bits per heavy atom. The molecule has 0 aliphatic carbocycles. The van der Waals surface area contributed by atoms with E-state index >= 15 is 0 Å². The van der Waals surface area contributed by atoms with E-state index in [-0.39, 0.29) is 5.35 Å². The summed E-state index contributed by atoms with van der Waals surface area (Å²) in [7, 11) is 0. The number of hydrogen-bond donors (Lipinski definition) is 0. The van der Waals surface area contributed by atoms with E-state index in [1.807, 2.05) is 13.0 Å². The second-order valence-electron chi connectivity index (χ2n) is 2.49. The van der Waals surface area contributed by atoms with E-state index in [0.29, 0.717) is 11.6 Å². The van der Waals surface area contributed by atoms with Gasteiger partial charge >= 0.3 is 5.35 Å². The minimum atomic E-state index is 0.0180. The molecular weight excluding hydrogens is 192 g/mol. The van der Waals surface area contributed by atoms with Crippen molar-refractivity contribution in [2.45, 2.75) is 13.3 Å². The van der Waals surface area contributed by atoms with Crippen molar-refractivity contribution in [1.29, 1.82) is 0 Å². The summed E-state index contributed by atoms with van der Waals surface area (Å²) in [6, 6.07) is 3.67. The summed E-state index contributed by atoms with van der Waals surface area (Å²) in [4.78, 5) is 3.82. The van der Waals surface area contributed by atoms with E-state index in [1.165, 1.54) is 0 Å². The molecule has 0 radical (unpaired) electrons. The molecule has 0 unspecified atom stereocenters. The monoisotopic (exact) mass is 198 g/mol. The number of halogens is 1. The van der Waals surface area contributed by atoms with Crippen molar-refractivity contribution in [1.82, 2.24) is 10.1 Å². The van der Waals surface area contributed by atoms with Crippen LogP contribution < -0.4 is 0 Å². The minimum absolute atomic E-state index is 0.0180. The van der Waals surface area contributed by atoms with Gasteiger partial charge in [0, 0.05) is 6.42 Å². The van der Waals surface area contributed by atoms with E-state index in [1.54, 1.807) is 6.07 Å². The molecule has 0 bridgehead atoms. The van der Waals surface area contributed by atoms with Gasteiger partial charge in [0.15, 0.2) is 5.76 Å². The van der Waals surface area contributed by atoms with Gasteiger partial charge in [-0.25, -0.2) is 0 Å². The molecule has 0 saturated carbocycles. The summed E-state index contributed by atoms with van der Waals surface area (Å²) in [5, 5.41) is 3.64. The number of hydrogen-bond acceptors (Lipinski definition) is 4. The summed E-state index contributed by atoms with van der Waals surface area (Å²) in [6.45, 7) is 2.01. The van der Waals surface area contributed by atoms with E-state index in [4.69, 9.17) is 16.0 Å². The third-order valence-electron chi connectivity index (χ3n) is 1.63. The number of nitrogens with zero attached hydrogens (tertiary/aromatic N) is 2. The molecule has 2 aromatic heterocycles. The topological polar surface area (TPSA) is 52.1 Å². The predicted octanol–water partition coefficient (Wildman–Crippen LogP) is 2.55. The molecule has 68 valence electrons. The second kappa shape index (κ2) is 3.22. The van der Waals surface area contributed by atoms with Crippen molar-refractivity contribution in [3.05, 3.63) is 23.2 Å². The number of aromatic nitrogens is 2. The first-order valence-corrected chi connectivity index (χ1v) is 4.25. The highest BCUT2D eigenvalue weighted by atomic mass is 35.5. The molecule has 0 fully saturated rings. The highest BCUT2D eigenvalue weighted by molar-refractivity contribution is 6.27. The predicted molar refractivity (Wildman–Crippen MR) is 46.4 cm³/mol. The molecular formula is C8H7ClN2O2. The second-order valence-corrected chi connectivity index (χ2v) is 2.81. The van der Waals surface area contributed by atoms with Gasteiger partial charge in [-0.3, -0.25) is 0 Å². The van der Waals surface area contributed by atoms with Gasteiger partial charge < -0.3 is 8.94 Å². The molecule has 0 N–H and O–H groups in total. The molecule has 0 spiro atoms. The van der Waals surface area contributed by atoms with Crippen LogP contribution in [0.1, 0.15) is 12.7 Å². The zero-order valence-corrected chi connectivity index (χ0v) is 7.71. The van der Waals surface area contributed by atoms with Crippen molar-refractivity contribution in [2.24, 2.45) is 0 Å². The van der Waals surface area contributed by atoms with E-state index in [0.717, 1.165) is 12.2 Å². The maximum atomic E-state index is 5.47. The van der Waals surface area contributed by atoms with Crippen molar-refractivity contribution in [3.8, 4) is 11.6 Å². The smallest absolute Gasteiger partial charge is 0.320 e. The van der Waals surface area contributed by atoms with Gasteiger partial charge in [-0.05, 0) is 23.7 Å². The van der Waals surface area contributed by atoms with Crippen molar-refractivity contribution >= 4 is 11.6 Å². The van der Waals surface area contributed by atoms with E-state index < -0.39 is 0 Å². The van der Waals surface area contributed by atoms with Crippen LogP contribution in [0.5, 0.6) is 0 Å². The molecule has 0 aromatic carbocycles. The van der Waals surface area contributed by atoms with Crippen molar-refractivity contribution < 1.29 is 8.94 Å². The zero-order chi connectivity index (χ0) is 9.26. The molecule has 13 heavy (non-hydrogen) atoms. The molecule has 4 nitrogen and oxygen atoms in total. The Morgan fingerprint density at radius 1 is 1.46 bits per heavy atom. The maximum absolute atomic E-state index is 5.47. The lowest BCUT2D eigenvalue weighted by Crippen LogP contribution is -1.75. The average molecular weight is 199 g/mol. The fraction of sp³-hybridized carbons (Fsp3) is 0.250. The van der Waals surface area contributed by atoms with Crippen LogP contribution in [0.4, 0.5) is 0 Å². The van der Waals surface area contributed by atoms with Crippen LogP contribution in [0.15, 0.2) is 21.1 Å². The lowest BCUT2D eigenvalue weighted by molar-refractivity contribution is 0.417. The Kier molecular flexibility index (Phi) is 2.06. The summed E-state index contributed by atoms with van der Waals surface area (Å²) >= 11 is 5.47. The lowest BCUT2D eigenvalue weighted by atomic mass is 10.3. The maximum Gasteiger partial charge on any atom is 0.320 e. The van der Waals surface area contributed by atoms with Gasteiger partial charge in [-0.1, -0.05) is 12.1 Å². The highest BCUT2D eigenvalue weighted by Gasteiger charge is 2.10. The molecule has 0 amide bonds. The van der Waals surface area contributed by atoms with Gasteiger partial charge in [0.1, 0.15) is 5.76 Å². The molecule has 0 aliphatic rings. The lowest BCUT2D eigenvalue weighted by Gasteiger charge is -1.86. The fourth-order valence-corrected chi connectivity index (χ4v) is 1.11. The van der Waals surface area contributed by atoms with Crippen LogP contribution in [0.25, 0.3) is 11.6 Å². The summed E-state index contributed by atoms with van der Waals surface area (Å²) in [6.07, 6.45) is 0.839. The Morgan fingerprint density at radius 3 is 2.85 bits per heavy atom. The zero-order valence-electron chi connectivity index (χ0n) is 6.95. The van der Waals surface area contributed by atoms with Crippen LogP contribution in [-0.4, -0.2) is 10.1 Å². The van der Waals surface area contributed by atoms with Crippen LogP contribution in [0.3, 0.4) is 0 Å². The van der Waals surface area contributed by atoms with Crippen molar-refractivity contribution in [2.75, 3.05) is 0 Å². The third kappa shape index (κ3) is 1.58. The Labute approximate surface area is 79.5 Å². The molecule has 5 heteroatoms. The minimum Gasteiger partial charge on any atom is -0.458 e. The highest BCUT2D eigenvalue weighted by Crippen LogP contribution is 2.20. The average Bonchev–Trinajstić information content (AvgIpc) is 2.71. The quantitative estimate of drug-likeness (QED) is 0.744. The summed E-state index contributed by atoms with van der Waals surface area (Å²) in [5.74, 6) is 1.84. The molecule has 2 aromatic rings. The molecule has 2 rings (SSSR count). The Hall–Kier alpha value is -1.29. The summed E-state index contributed by atoms with van der Waals surface area (Å²) in [5.41, 5.74) is 0. The first-order chi connectivity index (χ1) is 6.29. The molecule has 0 atom stereocenters. The van der Waals surface area contributed by atoms with Crippen LogP contribution in [0.2, 0.25) is 5.35 Å². The van der Waals surface area contributed by atoms with Crippen LogP contribution >= 0.6 is 11.6 Å². The molecule has 0 aliphatic heterocycles. The third-order valence-corrected chi connectivity index (χ3v) is 1.79. The Balaban J connectivity index is 2.35. The SMILES string of the molecule is CCc1ccc(-c2noc(Cl)n2)o1. The molecule has 2 heterocycles. The van der Waals surface area contributed by atoms with Crippen LogP contribution in [-0.2, 0) is 6.42 Å². The van der Waals surface area contributed by atoms with E-state index in [2.05, 4.69) is 14.7 Å². The number of aryl methyl sites for hydroxylation is 1. The normalized spacial score (nSPS) is 10.6. The van der Waals surface area contributed by atoms with Gasteiger partial charge in [0.25, 0.3) is 0 Å². The van der Waals surface area contributed by atoms with Crippen molar-refractivity contribution in [3.63, 3.8) is 0 Å². The van der Waals surface area contributed by atoms with Gasteiger partial charge in [-0.2, -0.15) is 4.98 Å². The Bertz CT molecular complexity index is 408. The first kappa shape index (κ1) is 8.31. The van der Waals surface area contributed by atoms with Gasteiger partial charge in [-0.15, -0.1) is 0 Å². The van der Waals surface area contributed by atoms with Crippen LogP contribution in [0, 0.1) is 0 Å². The molecule has 0 saturated heterocycles. The fourth-order valence-electron chi connectivity index (χ4n) is 0.993. The number of furan rings is 1. The van der Waals surface area contributed by atoms with Gasteiger partial charge in [0.2, 0.25) is 5.82 Å². The first-order valence-electron chi connectivity index (χ1n) is 3.88.